The Kier molecular flexibility index (Phi) is 3.37. The highest BCUT2D eigenvalue weighted by atomic mass is 16.8. The van der Waals surface area contributed by atoms with Gasteiger partial charge in [0, 0.05) is 18.0 Å². The molecule has 0 bridgehead atoms. The van der Waals surface area contributed by atoms with Crippen LogP contribution >= 0.6 is 0 Å². The lowest BCUT2D eigenvalue weighted by atomic mass is 9.70. The van der Waals surface area contributed by atoms with Gasteiger partial charge in [0.2, 0.25) is 5.60 Å². The van der Waals surface area contributed by atoms with E-state index in [1.807, 2.05) is 62.2 Å². The predicted molar refractivity (Wildman–Crippen MR) is 106 cm³/mol. The van der Waals surface area contributed by atoms with E-state index in [-0.39, 0.29) is 5.78 Å². The lowest BCUT2D eigenvalue weighted by Crippen LogP contribution is -2.64. The number of hydrogen-bond acceptors (Lipinski definition) is 7. The number of rotatable bonds is 1. The molecule has 2 aromatic rings. The van der Waals surface area contributed by atoms with Gasteiger partial charge in [0.1, 0.15) is 6.10 Å². The highest BCUT2D eigenvalue weighted by Crippen LogP contribution is 2.63. The smallest absolute Gasteiger partial charge is 0.341 e. The molecule has 3 aliphatic heterocycles. The summed E-state index contributed by atoms with van der Waals surface area (Å²) in [6, 6.07) is 11.5. The van der Waals surface area contributed by atoms with Crippen molar-refractivity contribution in [2.24, 2.45) is 5.92 Å². The Labute approximate surface area is 173 Å². The second-order valence-electron chi connectivity index (χ2n) is 9.05. The third kappa shape index (κ3) is 1.78. The van der Waals surface area contributed by atoms with E-state index < -0.39 is 41.2 Å². The average molecular weight is 409 g/mol. The topological polar surface area (TPSA) is 74.3 Å². The molecule has 156 valence electrons. The zero-order valence-corrected chi connectivity index (χ0v) is 17.3. The number of methoxy groups -OCH3 is 1. The van der Waals surface area contributed by atoms with Crippen LogP contribution in [0.15, 0.2) is 36.4 Å². The quantitative estimate of drug-likeness (QED) is 0.669. The molecular formula is C23H23NO6. The van der Waals surface area contributed by atoms with Gasteiger partial charge in [0.05, 0.1) is 7.11 Å². The second kappa shape index (κ2) is 5.48. The monoisotopic (exact) mass is 409 g/mol. The van der Waals surface area contributed by atoms with Crippen LogP contribution < -0.4 is 0 Å². The van der Waals surface area contributed by atoms with Crippen LogP contribution in [0.3, 0.4) is 0 Å². The summed E-state index contributed by atoms with van der Waals surface area (Å²) < 4.78 is 23.8. The van der Waals surface area contributed by atoms with Gasteiger partial charge >= 0.3 is 5.97 Å². The van der Waals surface area contributed by atoms with Crippen LogP contribution in [0.25, 0.3) is 10.8 Å². The number of nitrogens with zero attached hydrogens (tertiary/aromatic N) is 1. The van der Waals surface area contributed by atoms with Gasteiger partial charge in [-0.05, 0) is 37.2 Å². The molecule has 0 radical (unpaired) electrons. The minimum absolute atomic E-state index is 0.149. The molecule has 0 saturated carbocycles. The number of Topliss-reactive ketones (excluding diaryl/α,β-unsaturated/α-hetero) is 1. The van der Waals surface area contributed by atoms with Crippen LogP contribution in [-0.4, -0.2) is 61.1 Å². The van der Waals surface area contributed by atoms with Crippen molar-refractivity contribution in [3.05, 3.63) is 47.5 Å². The Balaban J connectivity index is 1.65. The largest absolute Gasteiger partial charge is 0.467 e. The van der Waals surface area contributed by atoms with Gasteiger partial charge in [-0.15, -0.1) is 0 Å². The lowest BCUT2D eigenvalue weighted by molar-refractivity contribution is -0.244. The fourth-order valence-corrected chi connectivity index (χ4v) is 6.32. The molecule has 2 aromatic carbocycles. The SMILES string of the molecule is COC(=O)[C@]12O[C@@H]3OC(C)(C)O[C@@H]3[C@H]1CN(C)[C@@]21C(=O)c2cccc3cccc1c23. The number of ether oxygens (including phenoxy) is 4. The first-order valence-corrected chi connectivity index (χ1v) is 10.2. The normalized spacial score (nSPS) is 38.4. The van der Waals surface area contributed by atoms with Crippen molar-refractivity contribution in [1.29, 1.82) is 0 Å². The van der Waals surface area contributed by atoms with Crippen LogP contribution in [0, 0.1) is 5.92 Å². The second-order valence-corrected chi connectivity index (χ2v) is 9.05. The van der Waals surface area contributed by atoms with E-state index in [9.17, 15) is 9.59 Å². The van der Waals surface area contributed by atoms with Crippen molar-refractivity contribution in [3.8, 4) is 0 Å². The maximum absolute atomic E-state index is 14.1. The minimum atomic E-state index is -1.56. The van der Waals surface area contributed by atoms with Crippen molar-refractivity contribution in [1.82, 2.24) is 4.90 Å². The third-order valence-corrected chi connectivity index (χ3v) is 7.25. The zero-order valence-electron chi connectivity index (χ0n) is 17.3. The van der Waals surface area contributed by atoms with Gasteiger partial charge < -0.3 is 18.9 Å². The first-order chi connectivity index (χ1) is 14.3. The molecule has 0 N–H and O–H groups in total. The maximum Gasteiger partial charge on any atom is 0.341 e. The molecule has 0 amide bonds. The van der Waals surface area contributed by atoms with Crippen molar-refractivity contribution < 1.29 is 28.5 Å². The molecule has 1 aliphatic carbocycles. The molecule has 1 spiro atoms. The van der Waals surface area contributed by atoms with Crippen molar-refractivity contribution >= 4 is 22.5 Å². The van der Waals surface area contributed by atoms with E-state index in [2.05, 4.69) is 0 Å². The Bertz CT molecular complexity index is 1120. The molecular weight excluding hydrogens is 386 g/mol. The fraction of sp³-hybridized carbons (Fsp3) is 0.478. The zero-order chi connectivity index (χ0) is 21.1. The summed E-state index contributed by atoms with van der Waals surface area (Å²) in [5.74, 6) is -1.97. The Hall–Kier alpha value is -2.32. The van der Waals surface area contributed by atoms with Crippen molar-refractivity contribution in [2.45, 2.75) is 43.2 Å². The predicted octanol–water partition coefficient (Wildman–Crippen LogP) is 2.21. The summed E-state index contributed by atoms with van der Waals surface area (Å²) in [6.07, 6.45) is -1.22. The number of hydrogen-bond donors (Lipinski definition) is 0. The molecule has 30 heavy (non-hydrogen) atoms. The van der Waals surface area contributed by atoms with E-state index in [1.54, 1.807) is 0 Å². The molecule has 7 nitrogen and oxygen atoms in total. The molecule has 0 unspecified atom stereocenters. The van der Waals surface area contributed by atoms with Crippen LogP contribution in [0.2, 0.25) is 0 Å². The molecule has 5 atom stereocenters. The van der Waals surface area contributed by atoms with Crippen LogP contribution in [0.5, 0.6) is 0 Å². The Morgan fingerprint density at radius 2 is 1.87 bits per heavy atom. The van der Waals surface area contributed by atoms with Gasteiger partial charge in [0.25, 0.3) is 0 Å². The molecule has 7 heteroatoms. The standard InChI is InChI=1S/C23H23NO6/c1-21(2)28-17-15-11-24(3)22(23(15,20(26)27-4)30-19(17)29-21)14-10-6-8-12-7-5-9-13(16(12)14)18(22)25/h5-10,15,17,19H,11H2,1-4H3/t15-,17-,19+,22+,23-/m1/s1. The highest BCUT2D eigenvalue weighted by molar-refractivity contribution is 6.22. The van der Waals surface area contributed by atoms with Gasteiger partial charge in [0.15, 0.2) is 23.4 Å². The van der Waals surface area contributed by atoms with E-state index in [0.717, 1.165) is 16.3 Å². The van der Waals surface area contributed by atoms with E-state index in [0.29, 0.717) is 12.1 Å². The first-order valence-electron chi connectivity index (χ1n) is 10.2. The third-order valence-electron chi connectivity index (χ3n) is 7.25. The summed E-state index contributed by atoms with van der Waals surface area (Å²) in [6.45, 7) is 4.08. The fourth-order valence-electron chi connectivity index (χ4n) is 6.32. The van der Waals surface area contributed by atoms with Gasteiger partial charge in [-0.25, -0.2) is 4.79 Å². The van der Waals surface area contributed by atoms with Crippen molar-refractivity contribution in [3.63, 3.8) is 0 Å². The number of likely N-dealkylation sites (tertiary alicyclic amines) is 1. The van der Waals surface area contributed by atoms with E-state index in [4.69, 9.17) is 18.9 Å². The van der Waals surface area contributed by atoms with Gasteiger partial charge in [-0.3, -0.25) is 9.69 Å². The number of carbonyl (C=O) groups is 2. The van der Waals surface area contributed by atoms with Crippen LogP contribution in [0.4, 0.5) is 0 Å². The molecule has 3 heterocycles. The first kappa shape index (κ1) is 18.4. The van der Waals surface area contributed by atoms with E-state index >= 15 is 0 Å². The van der Waals surface area contributed by atoms with Crippen molar-refractivity contribution in [2.75, 3.05) is 20.7 Å². The van der Waals surface area contributed by atoms with Crippen LogP contribution in [-0.2, 0) is 29.3 Å². The number of esters is 1. The summed E-state index contributed by atoms with van der Waals surface area (Å²) in [4.78, 5) is 29.6. The van der Waals surface area contributed by atoms with E-state index in [1.165, 1.54) is 7.11 Å². The number of likely N-dealkylation sites (N-methyl/N-ethyl adjacent to an activating group) is 1. The molecule has 4 aliphatic rings. The maximum atomic E-state index is 14.1. The van der Waals surface area contributed by atoms with Gasteiger partial charge in [-0.2, -0.15) is 0 Å². The van der Waals surface area contributed by atoms with Crippen LogP contribution in [0.1, 0.15) is 29.8 Å². The summed E-state index contributed by atoms with van der Waals surface area (Å²) in [7, 11) is 3.20. The summed E-state index contributed by atoms with van der Waals surface area (Å²) in [5, 5.41) is 1.82. The highest BCUT2D eigenvalue weighted by Gasteiger charge is 2.82. The number of fused-ring (bicyclic) bond motifs is 5. The minimum Gasteiger partial charge on any atom is -0.467 e. The number of ketones is 1. The summed E-state index contributed by atoms with van der Waals surface area (Å²) >= 11 is 0. The number of carbonyl (C=O) groups excluding carboxylic acids is 2. The molecule has 3 saturated heterocycles. The molecule has 0 aromatic heterocycles. The Morgan fingerprint density at radius 1 is 1.13 bits per heavy atom. The lowest BCUT2D eigenvalue weighted by Gasteiger charge is -2.43. The average Bonchev–Trinajstić information content (AvgIpc) is 3.34. The Morgan fingerprint density at radius 3 is 2.60 bits per heavy atom. The summed E-state index contributed by atoms with van der Waals surface area (Å²) in [5.41, 5.74) is -1.53. The number of benzene rings is 2. The molecule has 6 rings (SSSR count). The van der Waals surface area contributed by atoms with Gasteiger partial charge in [-0.1, -0.05) is 36.4 Å². The molecule has 3 fully saturated rings.